The number of hydrogen-bond acceptors (Lipinski definition) is 1. The molecule has 0 aromatic carbocycles. The topological polar surface area (TPSA) is 12.5 Å². The van der Waals surface area contributed by atoms with Crippen molar-refractivity contribution in [1.82, 2.24) is 0 Å². The number of epoxide rings is 1. The van der Waals surface area contributed by atoms with Crippen LogP contribution in [-0.2, 0) is 4.74 Å². The van der Waals surface area contributed by atoms with Crippen LogP contribution < -0.4 is 0 Å². The Balaban J connectivity index is 2.71. The van der Waals surface area contributed by atoms with Gasteiger partial charge in [-0.25, -0.2) is 0 Å². The van der Waals surface area contributed by atoms with Gasteiger partial charge in [-0.15, -0.1) is 0 Å². The third-order valence-corrected chi connectivity index (χ3v) is 21.2. The van der Waals surface area contributed by atoms with Crippen molar-refractivity contribution in [1.29, 1.82) is 0 Å². The van der Waals surface area contributed by atoms with Gasteiger partial charge in [-0.2, -0.15) is 0 Å². The zero-order valence-corrected chi connectivity index (χ0v) is 16.9. The molecule has 1 nitrogen and oxygen atoms in total. The van der Waals surface area contributed by atoms with Gasteiger partial charge in [0.05, 0.1) is 0 Å². The molecule has 0 bridgehead atoms. The van der Waals surface area contributed by atoms with Crippen LogP contribution in [0.25, 0.3) is 0 Å². The predicted octanol–water partition coefficient (Wildman–Crippen LogP) is 5.80. The fourth-order valence-electron chi connectivity index (χ4n) is 3.51. The van der Waals surface area contributed by atoms with E-state index in [2.05, 4.69) is 34.6 Å². The monoisotopic (exact) mass is 376 g/mol. The fraction of sp³-hybridized carbons (Fsp3) is 1.00. The van der Waals surface area contributed by atoms with E-state index in [0.29, 0.717) is 6.10 Å². The Bertz CT molecular complexity index is 218. The van der Waals surface area contributed by atoms with Gasteiger partial charge in [-0.05, 0) is 0 Å². The number of hydrogen-bond donors (Lipinski definition) is 0. The van der Waals surface area contributed by atoms with Gasteiger partial charge in [-0.1, -0.05) is 0 Å². The molecule has 0 unspecified atom stereocenters. The molecule has 0 radical (unpaired) electrons. The van der Waals surface area contributed by atoms with Crippen LogP contribution in [0.4, 0.5) is 0 Å². The normalized spacial score (nSPS) is 23.1. The molecule has 1 aliphatic rings. The van der Waals surface area contributed by atoms with Crippen LogP contribution in [0.15, 0.2) is 0 Å². The Hall–Kier alpha value is 0.759. The molecule has 19 heavy (non-hydrogen) atoms. The van der Waals surface area contributed by atoms with Gasteiger partial charge in [0.2, 0.25) is 0 Å². The molecule has 0 N–H and O–H groups in total. The van der Waals surface area contributed by atoms with Gasteiger partial charge >= 0.3 is 126 Å². The molecule has 1 aliphatic heterocycles. The van der Waals surface area contributed by atoms with Crippen molar-refractivity contribution in [2.24, 2.45) is 5.92 Å². The summed E-state index contributed by atoms with van der Waals surface area (Å²) in [5, 5.41) is 0. The molecule has 0 amide bonds. The first-order valence-corrected chi connectivity index (χ1v) is 16.5. The fourth-order valence-corrected chi connectivity index (χ4v) is 21.5. The summed E-state index contributed by atoms with van der Waals surface area (Å²) in [6, 6.07) is 0. The molecule has 0 saturated carbocycles. The third kappa shape index (κ3) is 5.22. The van der Waals surface area contributed by atoms with E-state index in [9.17, 15) is 0 Å². The van der Waals surface area contributed by atoms with Gasteiger partial charge in [-0.3, -0.25) is 0 Å². The molecule has 0 aromatic rings. The van der Waals surface area contributed by atoms with Crippen molar-refractivity contribution in [3.63, 3.8) is 0 Å². The van der Waals surface area contributed by atoms with Crippen molar-refractivity contribution in [3.8, 4) is 0 Å². The summed E-state index contributed by atoms with van der Waals surface area (Å²) in [5.74, 6) is 0.742. The van der Waals surface area contributed by atoms with Crippen LogP contribution in [-0.4, -0.2) is 28.6 Å². The van der Waals surface area contributed by atoms with Gasteiger partial charge < -0.3 is 0 Å². The van der Waals surface area contributed by atoms with Crippen molar-refractivity contribution in [3.05, 3.63) is 0 Å². The van der Waals surface area contributed by atoms with Gasteiger partial charge in [0.1, 0.15) is 0 Å². The molecule has 1 heterocycles. The van der Waals surface area contributed by atoms with Crippen LogP contribution in [0.1, 0.15) is 73.1 Å². The maximum absolute atomic E-state index is 6.23. The molecule has 1 fully saturated rings. The van der Waals surface area contributed by atoms with E-state index in [-0.39, 0.29) is 0 Å². The van der Waals surface area contributed by atoms with Gasteiger partial charge in [0, 0.05) is 0 Å². The van der Waals surface area contributed by atoms with E-state index < -0.39 is 18.4 Å². The zero-order valence-electron chi connectivity index (χ0n) is 14.0. The molecule has 1 saturated heterocycles. The molecule has 114 valence electrons. The first-order chi connectivity index (χ1) is 9.11. The van der Waals surface area contributed by atoms with E-state index >= 15 is 0 Å². The van der Waals surface area contributed by atoms with Crippen LogP contribution >= 0.6 is 0 Å². The maximum atomic E-state index is 6.23. The van der Waals surface area contributed by atoms with E-state index in [1.807, 2.05) is 0 Å². The quantitative estimate of drug-likeness (QED) is 0.329. The Labute approximate surface area is 125 Å². The number of ether oxygens (including phenoxy) is 1. The second-order valence-corrected chi connectivity index (χ2v) is 20.6. The Morgan fingerprint density at radius 2 is 1.26 bits per heavy atom. The summed E-state index contributed by atoms with van der Waals surface area (Å²) in [5.41, 5.74) is 0. The average Bonchev–Trinajstić information content (AvgIpc) is 3.19. The molecule has 1 rings (SSSR count). The molecule has 0 spiro atoms. The van der Waals surface area contributed by atoms with Crippen molar-refractivity contribution < 1.29 is 4.74 Å². The summed E-state index contributed by atoms with van der Waals surface area (Å²) < 4.78 is 11.8. The second kappa shape index (κ2) is 8.92. The molecular weight excluding hydrogens is 339 g/mol. The van der Waals surface area contributed by atoms with Crippen LogP contribution in [0, 0.1) is 5.92 Å². The minimum absolute atomic E-state index is 0.640. The summed E-state index contributed by atoms with van der Waals surface area (Å²) in [6.45, 7) is 11.7. The summed E-state index contributed by atoms with van der Waals surface area (Å²) in [7, 11) is 0. The minimum atomic E-state index is -2.03. The van der Waals surface area contributed by atoms with E-state index in [1.165, 1.54) is 38.5 Å². The summed E-state index contributed by atoms with van der Waals surface area (Å²) in [6.07, 6.45) is 9.15. The van der Waals surface area contributed by atoms with Crippen molar-refractivity contribution in [2.45, 2.75) is 96.7 Å². The second-order valence-electron chi connectivity index (χ2n) is 6.94. The standard InChI is InChI=1S/C5H9O.3C4H9.Sn/c1-4(2)5-3-6-5;3*1-3-4-2;/h3-5H,1-2H3;3*1,3-4H2,2H3;/t5-;;;;/m0..../s1. The van der Waals surface area contributed by atoms with Gasteiger partial charge in [0.25, 0.3) is 0 Å². The predicted molar refractivity (Wildman–Crippen MR) is 88.4 cm³/mol. The van der Waals surface area contributed by atoms with E-state index in [4.69, 9.17) is 4.74 Å². The Kier molecular flexibility index (Phi) is 8.36. The van der Waals surface area contributed by atoms with Crippen molar-refractivity contribution >= 4 is 18.4 Å². The molecular formula is C17H36OSn. The van der Waals surface area contributed by atoms with Crippen LogP contribution in [0.2, 0.25) is 13.3 Å². The van der Waals surface area contributed by atoms with Crippen molar-refractivity contribution in [2.75, 3.05) is 0 Å². The molecule has 2 heteroatoms. The molecule has 0 aromatic heterocycles. The first-order valence-electron chi connectivity index (χ1n) is 8.76. The summed E-state index contributed by atoms with van der Waals surface area (Å²) in [4.78, 5) is 0. The van der Waals surface area contributed by atoms with E-state index in [1.54, 1.807) is 13.3 Å². The Morgan fingerprint density at radius 3 is 1.53 bits per heavy atom. The molecule has 0 aliphatic carbocycles. The molecule has 2 atom stereocenters. The number of unbranched alkanes of at least 4 members (excludes halogenated alkanes) is 3. The average molecular weight is 375 g/mol. The SMILES string of the molecule is CCC[CH2][Sn]([CH2]CCC)([CH2]CCC)[C@H]1O[C@@H]1C(C)C. The third-order valence-electron chi connectivity index (χ3n) is 4.87. The van der Waals surface area contributed by atoms with Crippen LogP contribution in [0.5, 0.6) is 0 Å². The van der Waals surface area contributed by atoms with Crippen LogP contribution in [0.3, 0.4) is 0 Å². The Morgan fingerprint density at radius 1 is 0.842 bits per heavy atom. The first kappa shape index (κ1) is 17.8. The van der Waals surface area contributed by atoms with Gasteiger partial charge in [0.15, 0.2) is 0 Å². The summed E-state index contributed by atoms with van der Waals surface area (Å²) >= 11 is -2.03. The van der Waals surface area contributed by atoms with E-state index in [0.717, 1.165) is 10.0 Å². The zero-order chi connectivity index (χ0) is 14.3. The number of rotatable bonds is 11.